The van der Waals surface area contributed by atoms with Gasteiger partial charge in [0.1, 0.15) is 0 Å². The van der Waals surface area contributed by atoms with Gasteiger partial charge in [-0.05, 0) is 18.9 Å². The highest BCUT2D eigenvalue weighted by molar-refractivity contribution is 5.05. The van der Waals surface area contributed by atoms with Crippen molar-refractivity contribution in [3.8, 4) is 0 Å². The Labute approximate surface area is 81.1 Å². The van der Waals surface area contributed by atoms with E-state index >= 15 is 0 Å². The smallest absolute Gasteiger partial charge is 0.0229 e. The van der Waals surface area contributed by atoms with E-state index in [2.05, 4.69) is 30.6 Å². The van der Waals surface area contributed by atoms with E-state index in [1.54, 1.807) is 0 Å². The fourth-order valence-corrected chi connectivity index (χ4v) is 1.79. The molecule has 0 aromatic rings. The van der Waals surface area contributed by atoms with Crippen LogP contribution in [0.25, 0.3) is 0 Å². The zero-order chi connectivity index (χ0) is 9.68. The molecule has 2 heteroatoms. The largest absolute Gasteiger partial charge is 0.324 e. The van der Waals surface area contributed by atoms with Crippen LogP contribution in [0.5, 0.6) is 0 Å². The number of hydrogen-bond acceptors (Lipinski definition) is 2. The normalized spacial score (nSPS) is 27.0. The number of nitrogens with zero attached hydrogens (tertiary/aromatic N) is 1. The zero-order valence-electron chi connectivity index (χ0n) is 8.45. The van der Waals surface area contributed by atoms with Crippen LogP contribution in [0.4, 0.5) is 0 Å². The summed E-state index contributed by atoms with van der Waals surface area (Å²) in [6, 6.07) is 0.285. The average Bonchev–Trinajstić information content (AvgIpc) is 2.50. The van der Waals surface area contributed by atoms with Crippen molar-refractivity contribution in [2.75, 3.05) is 19.6 Å². The van der Waals surface area contributed by atoms with Crippen LogP contribution in [0.3, 0.4) is 0 Å². The van der Waals surface area contributed by atoms with E-state index in [1.165, 1.54) is 0 Å². The molecule has 0 aromatic carbocycles. The Balaban J connectivity index is 2.30. The highest BCUT2D eigenvalue weighted by atomic mass is 15.1. The lowest BCUT2D eigenvalue weighted by Crippen LogP contribution is -2.29. The Hall–Kier alpha value is -0.600. The molecule has 1 rings (SSSR count). The van der Waals surface area contributed by atoms with Gasteiger partial charge in [-0.2, -0.15) is 0 Å². The van der Waals surface area contributed by atoms with Gasteiger partial charge in [0.25, 0.3) is 0 Å². The first-order valence-electron chi connectivity index (χ1n) is 5.03. The minimum Gasteiger partial charge on any atom is -0.324 e. The lowest BCUT2D eigenvalue weighted by molar-refractivity contribution is 0.282. The number of likely N-dealkylation sites (N-methyl/N-ethyl adjacent to an activating group) is 1. The molecule has 0 radical (unpaired) electrons. The van der Waals surface area contributed by atoms with Crippen LogP contribution in [0.2, 0.25) is 0 Å². The third-order valence-electron chi connectivity index (χ3n) is 2.53. The fourth-order valence-electron chi connectivity index (χ4n) is 1.79. The van der Waals surface area contributed by atoms with Gasteiger partial charge >= 0.3 is 0 Å². The van der Waals surface area contributed by atoms with Gasteiger partial charge in [-0.1, -0.05) is 25.2 Å². The molecule has 0 aliphatic heterocycles. The lowest BCUT2D eigenvalue weighted by atomic mass is 10.1. The van der Waals surface area contributed by atoms with Crippen molar-refractivity contribution < 1.29 is 0 Å². The summed E-state index contributed by atoms with van der Waals surface area (Å²) in [6.07, 6.45) is 7.43. The minimum atomic E-state index is 0.285. The molecule has 74 valence electrons. The van der Waals surface area contributed by atoms with E-state index in [4.69, 9.17) is 5.73 Å². The van der Waals surface area contributed by atoms with Crippen LogP contribution in [-0.2, 0) is 0 Å². The molecule has 0 fully saturated rings. The second-order valence-corrected chi connectivity index (χ2v) is 3.69. The summed E-state index contributed by atoms with van der Waals surface area (Å²) in [5, 5.41) is 0. The molecule has 0 aromatic heterocycles. The van der Waals surface area contributed by atoms with Crippen molar-refractivity contribution in [3.63, 3.8) is 0 Å². The SMILES string of the molecule is C=CCN(CC)CC1C=CC(N)C1. The van der Waals surface area contributed by atoms with E-state index in [0.29, 0.717) is 5.92 Å². The van der Waals surface area contributed by atoms with Crippen molar-refractivity contribution >= 4 is 0 Å². The summed E-state index contributed by atoms with van der Waals surface area (Å²) in [5.74, 6) is 0.648. The highest BCUT2D eigenvalue weighted by Gasteiger charge is 2.17. The van der Waals surface area contributed by atoms with Crippen molar-refractivity contribution in [1.29, 1.82) is 0 Å². The monoisotopic (exact) mass is 180 g/mol. The average molecular weight is 180 g/mol. The molecular weight excluding hydrogens is 160 g/mol. The Morgan fingerprint density at radius 1 is 1.62 bits per heavy atom. The van der Waals surface area contributed by atoms with Gasteiger partial charge in [0.2, 0.25) is 0 Å². The van der Waals surface area contributed by atoms with Crippen LogP contribution in [-0.4, -0.2) is 30.6 Å². The summed E-state index contributed by atoms with van der Waals surface area (Å²) in [7, 11) is 0. The zero-order valence-corrected chi connectivity index (χ0v) is 8.45. The summed E-state index contributed by atoms with van der Waals surface area (Å²) < 4.78 is 0. The molecule has 1 aliphatic carbocycles. The first-order chi connectivity index (χ1) is 6.26. The predicted octanol–water partition coefficient (Wildman–Crippen LogP) is 1.40. The first kappa shape index (κ1) is 10.5. The quantitative estimate of drug-likeness (QED) is 0.648. The first-order valence-corrected chi connectivity index (χ1v) is 5.03. The molecule has 0 saturated heterocycles. The topological polar surface area (TPSA) is 29.3 Å². The van der Waals surface area contributed by atoms with Crippen molar-refractivity contribution in [1.82, 2.24) is 4.90 Å². The maximum Gasteiger partial charge on any atom is 0.0229 e. The van der Waals surface area contributed by atoms with E-state index in [0.717, 1.165) is 26.1 Å². The number of rotatable bonds is 5. The van der Waals surface area contributed by atoms with Crippen LogP contribution in [0.15, 0.2) is 24.8 Å². The minimum absolute atomic E-state index is 0.285. The molecule has 2 N–H and O–H groups in total. The third-order valence-corrected chi connectivity index (χ3v) is 2.53. The van der Waals surface area contributed by atoms with Crippen molar-refractivity contribution in [3.05, 3.63) is 24.8 Å². The van der Waals surface area contributed by atoms with Gasteiger partial charge in [0, 0.05) is 19.1 Å². The molecule has 13 heavy (non-hydrogen) atoms. The van der Waals surface area contributed by atoms with Gasteiger partial charge < -0.3 is 5.73 Å². The number of hydrogen-bond donors (Lipinski definition) is 1. The Bertz CT molecular complexity index is 187. The second-order valence-electron chi connectivity index (χ2n) is 3.69. The van der Waals surface area contributed by atoms with E-state index in [1.807, 2.05) is 6.08 Å². The maximum absolute atomic E-state index is 5.79. The van der Waals surface area contributed by atoms with Crippen molar-refractivity contribution in [2.24, 2.45) is 11.7 Å². The molecule has 2 unspecified atom stereocenters. The van der Waals surface area contributed by atoms with E-state index in [9.17, 15) is 0 Å². The molecule has 0 amide bonds. The van der Waals surface area contributed by atoms with Gasteiger partial charge in [0.05, 0.1) is 0 Å². The summed E-state index contributed by atoms with van der Waals surface area (Å²) in [6.45, 7) is 9.13. The molecule has 0 spiro atoms. The van der Waals surface area contributed by atoms with Gasteiger partial charge in [-0.3, -0.25) is 4.90 Å². The van der Waals surface area contributed by atoms with Crippen LogP contribution < -0.4 is 5.73 Å². The molecule has 2 atom stereocenters. The summed E-state index contributed by atoms with van der Waals surface area (Å²) in [4.78, 5) is 2.39. The van der Waals surface area contributed by atoms with Crippen LogP contribution in [0, 0.1) is 5.92 Å². The van der Waals surface area contributed by atoms with E-state index in [-0.39, 0.29) is 6.04 Å². The highest BCUT2D eigenvalue weighted by Crippen LogP contribution is 2.17. The Morgan fingerprint density at radius 3 is 2.85 bits per heavy atom. The molecule has 2 nitrogen and oxygen atoms in total. The van der Waals surface area contributed by atoms with E-state index < -0.39 is 0 Å². The third kappa shape index (κ3) is 3.33. The van der Waals surface area contributed by atoms with Gasteiger partial charge in [-0.15, -0.1) is 6.58 Å². The van der Waals surface area contributed by atoms with Crippen LogP contribution >= 0.6 is 0 Å². The molecular formula is C11H20N2. The maximum atomic E-state index is 5.79. The lowest BCUT2D eigenvalue weighted by Gasteiger charge is -2.21. The predicted molar refractivity (Wildman–Crippen MR) is 57.5 cm³/mol. The Kier molecular flexibility index (Phi) is 4.19. The molecule has 0 heterocycles. The molecule has 0 bridgehead atoms. The standard InChI is InChI=1S/C11H20N2/c1-3-7-13(4-2)9-10-5-6-11(12)8-10/h3,5-6,10-11H,1,4,7-9,12H2,2H3. The molecule has 0 saturated carbocycles. The second kappa shape index (κ2) is 5.20. The fraction of sp³-hybridized carbons (Fsp3) is 0.636. The van der Waals surface area contributed by atoms with Crippen molar-refractivity contribution in [2.45, 2.75) is 19.4 Å². The Morgan fingerprint density at radius 2 is 2.38 bits per heavy atom. The van der Waals surface area contributed by atoms with Crippen LogP contribution in [0.1, 0.15) is 13.3 Å². The summed E-state index contributed by atoms with van der Waals surface area (Å²) in [5.41, 5.74) is 5.79. The number of nitrogens with two attached hydrogens (primary N) is 1. The van der Waals surface area contributed by atoms with Gasteiger partial charge in [0.15, 0.2) is 0 Å². The molecule has 1 aliphatic rings. The van der Waals surface area contributed by atoms with Gasteiger partial charge in [-0.25, -0.2) is 0 Å². The summed E-state index contributed by atoms with van der Waals surface area (Å²) >= 11 is 0.